The van der Waals surface area contributed by atoms with Gasteiger partial charge in [0.15, 0.2) is 0 Å². The Morgan fingerprint density at radius 1 is 1.35 bits per heavy atom. The van der Waals surface area contributed by atoms with Crippen LogP contribution < -0.4 is 10.5 Å². The van der Waals surface area contributed by atoms with Crippen LogP contribution in [0.4, 0.5) is 5.69 Å². The molecule has 0 unspecified atom stereocenters. The van der Waals surface area contributed by atoms with Crippen LogP contribution in [0.3, 0.4) is 0 Å². The number of nitrogens with two attached hydrogens (primary N) is 1. The number of anilines is 1. The van der Waals surface area contributed by atoms with E-state index in [1.54, 1.807) is 17.9 Å². The summed E-state index contributed by atoms with van der Waals surface area (Å²) >= 11 is 0. The Morgan fingerprint density at radius 3 is 2.59 bits per heavy atom. The van der Waals surface area contributed by atoms with Gasteiger partial charge in [-0.15, -0.1) is 5.10 Å². The lowest BCUT2D eigenvalue weighted by Crippen LogP contribution is -1.93. The third kappa shape index (κ3) is 2.76. The Hall–Kier alpha value is -2.01. The van der Waals surface area contributed by atoms with Gasteiger partial charge in [-0.1, -0.05) is 12.1 Å². The first-order valence-corrected chi connectivity index (χ1v) is 5.36. The van der Waals surface area contributed by atoms with E-state index >= 15 is 0 Å². The maximum atomic E-state index is 8.80. The van der Waals surface area contributed by atoms with E-state index in [0.717, 1.165) is 5.56 Å². The molecular formula is C12H15N3O2. The highest BCUT2D eigenvalue weighted by Crippen LogP contribution is 2.25. The summed E-state index contributed by atoms with van der Waals surface area (Å²) in [6.07, 6.45) is 2.33. The molecule has 0 bridgehead atoms. The number of aliphatic hydroxyl groups is 1. The van der Waals surface area contributed by atoms with Gasteiger partial charge in [0.1, 0.15) is 11.4 Å². The number of nitrogen functional groups attached to an aromatic ring is 1. The largest absolute Gasteiger partial charge is 0.436 e. The van der Waals surface area contributed by atoms with Crippen molar-refractivity contribution < 1.29 is 9.84 Å². The minimum absolute atomic E-state index is 0.146. The Kier molecular flexibility index (Phi) is 3.30. The molecule has 0 aliphatic heterocycles. The number of aromatic nitrogens is 2. The fraction of sp³-hybridized carbons (Fsp3) is 0.250. The van der Waals surface area contributed by atoms with Crippen molar-refractivity contribution >= 4 is 5.69 Å². The first kappa shape index (κ1) is 11.5. The highest BCUT2D eigenvalue weighted by molar-refractivity contribution is 5.48. The number of aliphatic hydroxyl groups excluding tert-OH is 1. The number of ether oxygens (including phenoxy) is 1. The van der Waals surface area contributed by atoms with Gasteiger partial charge in [-0.2, -0.15) is 0 Å². The molecule has 2 rings (SSSR count). The average Bonchev–Trinajstić information content (AvgIpc) is 2.61. The lowest BCUT2D eigenvalue weighted by Gasteiger charge is -2.04. The number of nitrogens with zero attached hydrogens (tertiary/aromatic N) is 2. The van der Waals surface area contributed by atoms with E-state index in [2.05, 4.69) is 5.10 Å². The molecule has 1 aromatic heterocycles. The summed E-state index contributed by atoms with van der Waals surface area (Å²) in [4.78, 5) is 0. The van der Waals surface area contributed by atoms with E-state index in [-0.39, 0.29) is 6.61 Å². The zero-order valence-electron chi connectivity index (χ0n) is 9.63. The van der Waals surface area contributed by atoms with Crippen molar-refractivity contribution in [2.45, 2.75) is 6.42 Å². The molecule has 0 radical (unpaired) electrons. The molecule has 2 aromatic rings. The molecule has 90 valence electrons. The molecule has 3 N–H and O–H groups in total. The van der Waals surface area contributed by atoms with Gasteiger partial charge >= 0.3 is 0 Å². The average molecular weight is 233 g/mol. The number of aryl methyl sites for hydroxylation is 1. The maximum Gasteiger partial charge on any atom is 0.261 e. The molecule has 5 heteroatoms. The highest BCUT2D eigenvalue weighted by atomic mass is 16.5. The Labute approximate surface area is 99.4 Å². The summed E-state index contributed by atoms with van der Waals surface area (Å²) in [7, 11) is 1.79. The van der Waals surface area contributed by atoms with E-state index in [1.807, 2.05) is 24.3 Å². The molecule has 1 heterocycles. The second-order valence-corrected chi connectivity index (χ2v) is 3.78. The van der Waals surface area contributed by atoms with Crippen molar-refractivity contribution in [2.75, 3.05) is 12.3 Å². The standard InChI is InChI=1S/C12H15N3O2/c1-15-8-11(13)12(14-15)17-10-4-2-9(3-5-10)6-7-16/h2-5,8,16H,6-7,13H2,1H3. The van der Waals surface area contributed by atoms with Crippen LogP contribution in [-0.2, 0) is 13.5 Å². The summed E-state index contributed by atoms with van der Waals surface area (Å²) < 4.78 is 7.15. The van der Waals surface area contributed by atoms with Crippen molar-refractivity contribution in [2.24, 2.45) is 7.05 Å². The monoisotopic (exact) mass is 233 g/mol. The molecule has 0 saturated heterocycles. The number of rotatable bonds is 4. The smallest absolute Gasteiger partial charge is 0.261 e. The van der Waals surface area contributed by atoms with Gasteiger partial charge in [0.2, 0.25) is 0 Å². The maximum absolute atomic E-state index is 8.80. The quantitative estimate of drug-likeness (QED) is 0.835. The zero-order valence-corrected chi connectivity index (χ0v) is 9.63. The summed E-state index contributed by atoms with van der Waals surface area (Å²) in [6, 6.07) is 7.48. The molecule has 0 aliphatic carbocycles. The van der Waals surface area contributed by atoms with Crippen LogP contribution in [0.5, 0.6) is 11.6 Å². The molecule has 0 atom stereocenters. The van der Waals surface area contributed by atoms with Gasteiger partial charge < -0.3 is 15.6 Å². The normalized spacial score (nSPS) is 10.5. The molecule has 0 aliphatic rings. The van der Waals surface area contributed by atoms with Crippen molar-refractivity contribution in [3.05, 3.63) is 36.0 Å². The first-order valence-electron chi connectivity index (χ1n) is 5.36. The highest BCUT2D eigenvalue weighted by Gasteiger charge is 2.06. The van der Waals surface area contributed by atoms with Gasteiger partial charge in [0, 0.05) is 13.7 Å². The van der Waals surface area contributed by atoms with Gasteiger partial charge in [-0.3, -0.25) is 4.68 Å². The summed E-state index contributed by atoms with van der Waals surface area (Å²) in [5.41, 5.74) is 7.30. The fourth-order valence-corrected chi connectivity index (χ4v) is 1.53. The zero-order chi connectivity index (χ0) is 12.3. The van der Waals surface area contributed by atoms with Gasteiger partial charge in [-0.25, -0.2) is 0 Å². The molecule has 1 aromatic carbocycles. The van der Waals surface area contributed by atoms with Gasteiger partial charge in [0.05, 0.1) is 6.20 Å². The third-order valence-corrected chi connectivity index (χ3v) is 2.36. The Balaban J connectivity index is 2.11. The second-order valence-electron chi connectivity index (χ2n) is 3.78. The topological polar surface area (TPSA) is 73.3 Å². The number of benzene rings is 1. The Morgan fingerprint density at radius 2 is 2.06 bits per heavy atom. The number of hydrogen-bond donors (Lipinski definition) is 2. The predicted molar refractivity (Wildman–Crippen MR) is 64.9 cm³/mol. The Bertz CT molecular complexity index is 491. The van der Waals surface area contributed by atoms with Crippen molar-refractivity contribution in [3.63, 3.8) is 0 Å². The lowest BCUT2D eigenvalue weighted by atomic mass is 10.1. The van der Waals surface area contributed by atoms with E-state index in [0.29, 0.717) is 23.7 Å². The van der Waals surface area contributed by atoms with Gasteiger partial charge in [-0.05, 0) is 24.1 Å². The third-order valence-electron chi connectivity index (χ3n) is 2.36. The van der Waals surface area contributed by atoms with E-state index in [4.69, 9.17) is 15.6 Å². The summed E-state index contributed by atoms with van der Waals surface area (Å²) in [5.74, 6) is 1.08. The van der Waals surface area contributed by atoms with Crippen LogP contribution in [0.25, 0.3) is 0 Å². The van der Waals surface area contributed by atoms with Crippen molar-refractivity contribution in [1.29, 1.82) is 0 Å². The molecule has 5 nitrogen and oxygen atoms in total. The van der Waals surface area contributed by atoms with Crippen LogP contribution >= 0.6 is 0 Å². The van der Waals surface area contributed by atoms with Crippen LogP contribution in [0, 0.1) is 0 Å². The summed E-state index contributed by atoms with van der Waals surface area (Å²) in [5, 5.41) is 12.9. The van der Waals surface area contributed by atoms with Crippen molar-refractivity contribution in [1.82, 2.24) is 9.78 Å². The lowest BCUT2D eigenvalue weighted by molar-refractivity contribution is 0.299. The van der Waals surface area contributed by atoms with Crippen molar-refractivity contribution in [3.8, 4) is 11.6 Å². The number of hydrogen-bond acceptors (Lipinski definition) is 4. The molecule has 0 saturated carbocycles. The molecule has 17 heavy (non-hydrogen) atoms. The van der Waals surface area contributed by atoms with Crippen LogP contribution in [0.15, 0.2) is 30.5 Å². The first-order chi connectivity index (χ1) is 8.19. The summed E-state index contributed by atoms with van der Waals surface area (Å²) in [6.45, 7) is 0.146. The molecule has 0 amide bonds. The molecule has 0 fully saturated rings. The fourth-order valence-electron chi connectivity index (χ4n) is 1.53. The second kappa shape index (κ2) is 4.88. The molecule has 0 spiro atoms. The SMILES string of the molecule is Cn1cc(N)c(Oc2ccc(CCO)cc2)n1. The predicted octanol–water partition coefficient (Wildman–Crippen LogP) is 1.33. The van der Waals surface area contributed by atoms with E-state index < -0.39 is 0 Å². The van der Waals surface area contributed by atoms with Crippen LogP contribution in [0.1, 0.15) is 5.56 Å². The van der Waals surface area contributed by atoms with E-state index in [9.17, 15) is 0 Å². The van der Waals surface area contributed by atoms with Gasteiger partial charge in [0.25, 0.3) is 5.88 Å². The van der Waals surface area contributed by atoms with Crippen LogP contribution in [-0.4, -0.2) is 21.5 Å². The molecular weight excluding hydrogens is 218 g/mol. The minimum Gasteiger partial charge on any atom is -0.436 e. The van der Waals surface area contributed by atoms with Crippen LogP contribution in [0.2, 0.25) is 0 Å². The van der Waals surface area contributed by atoms with E-state index in [1.165, 1.54) is 0 Å². The minimum atomic E-state index is 0.146.